The van der Waals surface area contributed by atoms with E-state index in [1.165, 1.54) is 37.4 Å². The Hall–Kier alpha value is -4.26. The summed E-state index contributed by atoms with van der Waals surface area (Å²) in [6.45, 7) is 8.64. The van der Waals surface area contributed by atoms with Gasteiger partial charge in [-0.3, -0.25) is 4.79 Å². The van der Waals surface area contributed by atoms with E-state index in [1.807, 2.05) is 19.9 Å². The second-order valence-electron chi connectivity index (χ2n) is 11.4. The van der Waals surface area contributed by atoms with E-state index >= 15 is 0 Å². The fraction of sp³-hybridized carbons (Fsp3) is 0.406. The van der Waals surface area contributed by atoms with Gasteiger partial charge in [-0.25, -0.2) is 14.0 Å². The van der Waals surface area contributed by atoms with Gasteiger partial charge < -0.3 is 39.3 Å². The number of carbonyl (C=O) groups excluding carboxylic acids is 2. The van der Waals surface area contributed by atoms with Crippen molar-refractivity contribution in [2.24, 2.45) is 5.73 Å². The number of methoxy groups -OCH3 is 1. The molecule has 0 unspecified atom stereocenters. The average Bonchev–Trinajstić information content (AvgIpc) is 2.94. The van der Waals surface area contributed by atoms with Crippen LogP contribution in [0, 0.1) is 12.7 Å². The number of hydrogen-bond donors (Lipinski definition) is 3. The maximum atomic E-state index is 14.3. The number of fused-ring (bicyclic) bond motifs is 1. The van der Waals surface area contributed by atoms with Gasteiger partial charge in [-0.05, 0) is 76.9 Å². The molecule has 1 aromatic heterocycles. The Bertz CT molecular complexity index is 1670. The van der Waals surface area contributed by atoms with Crippen LogP contribution in [0.3, 0.4) is 0 Å². The van der Waals surface area contributed by atoms with E-state index in [4.69, 9.17) is 29.1 Å². The molecule has 4 N–H and O–H groups in total. The monoisotopic (exact) mass is 613 g/mol. The van der Waals surface area contributed by atoms with E-state index in [2.05, 4.69) is 0 Å². The van der Waals surface area contributed by atoms with E-state index in [0.717, 1.165) is 5.57 Å². The van der Waals surface area contributed by atoms with Crippen molar-refractivity contribution in [2.75, 3.05) is 7.11 Å². The molecule has 3 aromatic rings. The molecule has 1 aliphatic rings. The van der Waals surface area contributed by atoms with Crippen LogP contribution in [-0.2, 0) is 27.1 Å². The molecule has 44 heavy (non-hydrogen) atoms. The third-order valence-electron chi connectivity index (χ3n) is 7.54. The third-order valence-corrected chi connectivity index (χ3v) is 7.54. The standard InChI is InChI=1S/C32H36FNO10/c1-15(2)7-8-17-13-18(9-11-21(17)33)22(35)14-20-24(36)19-10-12-23(16(3)26(19)42-29(20)38)41-30-25(37)27(43-31(34)39)28(40-6)32(4,5)44-30/h7,9-13,25,27-28,30,36-37H,8,14H2,1-6H3,(H2,34,39)/t25-,27+,28-,30-/m1/s1. The van der Waals surface area contributed by atoms with Gasteiger partial charge in [0.1, 0.15) is 29.0 Å². The number of hydrogen-bond acceptors (Lipinski definition) is 10. The van der Waals surface area contributed by atoms with E-state index in [9.17, 15) is 29.0 Å². The number of aromatic hydroxyl groups is 1. The average molecular weight is 614 g/mol. The van der Waals surface area contributed by atoms with Crippen LogP contribution < -0.4 is 16.1 Å². The van der Waals surface area contributed by atoms with Gasteiger partial charge in [0.2, 0.25) is 6.29 Å². The minimum Gasteiger partial charge on any atom is -0.507 e. The van der Waals surface area contributed by atoms with Crippen LogP contribution in [0.2, 0.25) is 0 Å². The van der Waals surface area contributed by atoms with E-state index in [-0.39, 0.29) is 33.4 Å². The molecule has 1 amide bonds. The van der Waals surface area contributed by atoms with Gasteiger partial charge in [-0.2, -0.15) is 0 Å². The van der Waals surface area contributed by atoms with Crippen molar-refractivity contribution >= 4 is 22.8 Å². The molecule has 1 fully saturated rings. The topological polar surface area (TPSA) is 168 Å². The smallest absolute Gasteiger partial charge is 0.404 e. The predicted molar refractivity (Wildman–Crippen MR) is 157 cm³/mol. The minimum absolute atomic E-state index is 0.0174. The highest BCUT2D eigenvalue weighted by molar-refractivity contribution is 5.99. The Morgan fingerprint density at radius 3 is 2.52 bits per heavy atom. The number of halogens is 1. The van der Waals surface area contributed by atoms with Crippen LogP contribution in [0.1, 0.15) is 54.7 Å². The molecule has 2 heterocycles. The summed E-state index contributed by atoms with van der Waals surface area (Å²) < 4.78 is 42.2. The van der Waals surface area contributed by atoms with Crippen LogP contribution >= 0.6 is 0 Å². The number of amides is 1. The SMILES string of the molecule is CO[C@@H]1[C@@H](OC(N)=O)[C@@H](O)[C@H](Oc2ccc3c(O)c(CC(=O)c4ccc(F)c(CC=C(C)C)c4)c(=O)oc3c2C)OC1(C)C. The summed E-state index contributed by atoms with van der Waals surface area (Å²) in [5.41, 5.74) is 4.69. The molecule has 11 nitrogen and oxygen atoms in total. The fourth-order valence-corrected chi connectivity index (χ4v) is 5.24. The first-order valence-electron chi connectivity index (χ1n) is 13.9. The van der Waals surface area contributed by atoms with Gasteiger partial charge in [0.25, 0.3) is 0 Å². The molecule has 0 spiro atoms. The maximum Gasteiger partial charge on any atom is 0.404 e. The first-order valence-corrected chi connectivity index (χ1v) is 13.9. The highest BCUT2D eigenvalue weighted by Crippen LogP contribution is 2.38. The number of ether oxygens (including phenoxy) is 4. The molecule has 12 heteroatoms. The number of benzene rings is 2. The number of allylic oxidation sites excluding steroid dienone is 2. The maximum absolute atomic E-state index is 14.3. The van der Waals surface area contributed by atoms with Gasteiger partial charge in [-0.1, -0.05) is 11.6 Å². The van der Waals surface area contributed by atoms with Crippen LogP contribution in [0.4, 0.5) is 9.18 Å². The molecule has 4 rings (SSSR count). The number of primary amides is 1. The van der Waals surface area contributed by atoms with Crippen LogP contribution in [-0.4, -0.2) is 59.4 Å². The lowest BCUT2D eigenvalue weighted by Gasteiger charge is -2.47. The lowest BCUT2D eigenvalue weighted by Crippen LogP contribution is -2.65. The normalized spacial score (nSPS) is 21.1. The quantitative estimate of drug-likeness (QED) is 0.180. The molecule has 1 saturated heterocycles. The second-order valence-corrected chi connectivity index (χ2v) is 11.4. The largest absolute Gasteiger partial charge is 0.507 e. The van der Waals surface area contributed by atoms with Gasteiger partial charge >= 0.3 is 11.7 Å². The van der Waals surface area contributed by atoms with Gasteiger partial charge in [0, 0.05) is 24.7 Å². The van der Waals surface area contributed by atoms with E-state index in [1.54, 1.807) is 20.8 Å². The van der Waals surface area contributed by atoms with E-state index < -0.39 is 65.7 Å². The van der Waals surface area contributed by atoms with Gasteiger partial charge in [0.15, 0.2) is 18.0 Å². The Morgan fingerprint density at radius 1 is 1.18 bits per heavy atom. The van der Waals surface area contributed by atoms with Crippen molar-refractivity contribution in [3.63, 3.8) is 0 Å². The molecule has 0 saturated carbocycles. The van der Waals surface area contributed by atoms with Crippen molar-refractivity contribution in [2.45, 2.75) is 77.7 Å². The summed E-state index contributed by atoms with van der Waals surface area (Å²) in [6, 6.07) is 6.85. The summed E-state index contributed by atoms with van der Waals surface area (Å²) in [6.07, 6.45) is -4.43. The zero-order valence-corrected chi connectivity index (χ0v) is 25.3. The Balaban J connectivity index is 1.63. The number of aliphatic hydroxyl groups is 1. The molecular weight excluding hydrogens is 577 g/mol. The van der Waals surface area contributed by atoms with Crippen molar-refractivity contribution in [3.8, 4) is 11.5 Å². The predicted octanol–water partition coefficient (Wildman–Crippen LogP) is 4.23. The first kappa shape index (κ1) is 32.6. The van der Waals surface area contributed by atoms with Crippen LogP contribution in [0.25, 0.3) is 11.0 Å². The molecule has 4 atom stereocenters. The van der Waals surface area contributed by atoms with Gasteiger partial charge in [-0.15, -0.1) is 0 Å². The first-order chi connectivity index (χ1) is 20.6. The second kappa shape index (κ2) is 12.8. The lowest BCUT2D eigenvalue weighted by molar-refractivity contribution is -0.304. The number of aliphatic hydroxyl groups excluding tert-OH is 1. The van der Waals surface area contributed by atoms with Crippen LogP contribution in [0.15, 0.2) is 51.2 Å². The molecule has 0 bridgehead atoms. The lowest BCUT2D eigenvalue weighted by atomic mass is 9.89. The van der Waals surface area contributed by atoms with Gasteiger partial charge in [0.05, 0.1) is 16.6 Å². The molecule has 2 aromatic carbocycles. The van der Waals surface area contributed by atoms with Crippen molar-refractivity contribution < 1.29 is 47.6 Å². The highest BCUT2D eigenvalue weighted by atomic mass is 19.1. The number of carbonyl (C=O) groups is 2. The number of aryl methyl sites for hydroxylation is 1. The zero-order chi connectivity index (χ0) is 32.5. The summed E-state index contributed by atoms with van der Waals surface area (Å²) in [4.78, 5) is 37.6. The molecule has 1 aliphatic heterocycles. The number of nitrogens with two attached hydrogens (primary N) is 1. The molecule has 236 valence electrons. The molecule has 0 aliphatic carbocycles. The Labute approximate surface area is 253 Å². The van der Waals surface area contributed by atoms with Crippen LogP contribution in [0.5, 0.6) is 11.5 Å². The third kappa shape index (κ3) is 6.62. The summed E-state index contributed by atoms with van der Waals surface area (Å²) in [5.74, 6) is -1.27. The number of Topliss-reactive ketones (excluding diaryl/α,β-unsaturated/α-hetero) is 1. The molecule has 0 radical (unpaired) electrons. The Morgan fingerprint density at radius 2 is 1.89 bits per heavy atom. The Kier molecular flexibility index (Phi) is 9.47. The molecular formula is C32H36FNO10. The van der Waals surface area contributed by atoms with E-state index in [0.29, 0.717) is 12.0 Å². The summed E-state index contributed by atoms with van der Waals surface area (Å²) in [7, 11) is 1.37. The van der Waals surface area contributed by atoms with Crippen molar-refractivity contribution in [1.82, 2.24) is 0 Å². The fourth-order valence-electron chi connectivity index (χ4n) is 5.24. The van der Waals surface area contributed by atoms with Crippen molar-refractivity contribution in [3.05, 3.63) is 80.5 Å². The highest BCUT2D eigenvalue weighted by Gasteiger charge is 2.53. The van der Waals surface area contributed by atoms with Crippen molar-refractivity contribution in [1.29, 1.82) is 0 Å². The zero-order valence-electron chi connectivity index (χ0n) is 25.3. The number of rotatable bonds is 9. The summed E-state index contributed by atoms with van der Waals surface area (Å²) in [5, 5.41) is 22.1. The minimum atomic E-state index is -1.52. The summed E-state index contributed by atoms with van der Waals surface area (Å²) >= 11 is 0. The number of ketones is 1.